The number of halogens is 3. The van der Waals surface area contributed by atoms with Crippen molar-refractivity contribution >= 4 is 12.0 Å². The highest BCUT2D eigenvalue weighted by Gasteiger charge is 2.44. The van der Waals surface area contributed by atoms with Crippen LogP contribution in [0.4, 0.5) is 18.9 Å². The van der Waals surface area contributed by atoms with E-state index in [4.69, 9.17) is 0 Å². The van der Waals surface area contributed by atoms with Crippen LogP contribution < -0.4 is 9.47 Å². The van der Waals surface area contributed by atoms with E-state index in [1.54, 1.807) is 0 Å². The van der Waals surface area contributed by atoms with Gasteiger partial charge in [-0.05, 0) is 6.07 Å². The summed E-state index contributed by atoms with van der Waals surface area (Å²) in [6.07, 6.45) is -5.20. The Balaban J connectivity index is 3.87. The Labute approximate surface area is 104 Å². The summed E-state index contributed by atoms with van der Waals surface area (Å²) < 4.78 is 47.8. The third kappa shape index (κ3) is 2.59. The van der Waals surface area contributed by atoms with Gasteiger partial charge in [0.15, 0.2) is 12.0 Å². The fourth-order valence-corrected chi connectivity index (χ4v) is 1.56. The molecular formula is C10H8F3NO5. The minimum absolute atomic E-state index is 0.127. The highest BCUT2D eigenvalue weighted by Crippen LogP contribution is 2.47. The van der Waals surface area contributed by atoms with Crippen LogP contribution in [0, 0.1) is 10.1 Å². The number of hydrogen-bond acceptors (Lipinski definition) is 5. The lowest BCUT2D eigenvalue weighted by Gasteiger charge is -2.14. The van der Waals surface area contributed by atoms with Gasteiger partial charge in [0.1, 0.15) is 5.56 Å². The standard InChI is InChI=1S/C10H8F3NO5/c1-18-6-3-5(4-15)7(10(11,12)13)8(14(16)17)9(6)19-2/h3-4H,1-2H3. The molecule has 0 N–H and O–H groups in total. The Hall–Kier alpha value is -2.32. The molecule has 0 amide bonds. The Kier molecular flexibility index (Phi) is 3.98. The first-order valence-corrected chi connectivity index (χ1v) is 4.73. The second-order valence-electron chi connectivity index (χ2n) is 3.30. The Morgan fingerprint density at radius 1 is 1.32 bits per heavy atom. The van der Waals surface area contributed by atoms with Crippen LogP contribution in [0.2, 0.25) is 0 Å². The van der Waals surface area contributed by atoms with Crippen molar-refractivity contribution in [1.29, 1.82) is 0 Å². The molecule has 104 valence electrons. The molecule has 0 fully saturated rings. The van der Waals surface area contributed by atoms with E-state index in [1.807, 2.05) is 0 Å². The van der Waals surface area contributed by atoms with E-state index >= 15 is 0 Å². The summed E-state index contributed by atoms with van der Waals surface area (Å²) in [6.45, 7) is 0. The van der Waals surface area contributed by atoms with Crippen LogP contribution in [-0.2, 0) is 6.18 Å². The van der Waals surface area contributed by atoms with Gasteiger partial charge in [0.05, 0.1) is 19.1 Å². The molecule has 0 atom stereocenters. The number of hydrogen-bond donors (Lipinski definition) is 0. The Morgan fingerprint density at radius 3 is 2.21 bits per heavy atom. The van der Waals surface area contributed by atoms with Crippen molar-refractivity contribution in [2.75, 3.05) is 14.2 Å². The molecule has 1 rings (SSSR count). The van der Waals surface area contributed by atoms with Gasteiger partial charge < -0.3 is 9.47 Å². The first-order chi connectivity index (χ1) is 8.77. The predicted octanol–water partition coefficient (Wildman–Crippen LogP) is 2.44. The fraction of sp³-hybridized carbons (Fsp3) is 0.300. The van der Waals surface area contributed by atoms with Crippen LogP contribution in [-0.4, -0.2) is 25.4 Å². The van der Waals surface area contributed by atoms with Gasteiger partial charge >= 0.3 is 11.9 Å². The summed E-state index contributed by atoms with van der Waals surface area (Å²) in [6, 6.07) is 0.738. The van der Waals surface area contributed by atoms with Gasteiger partial charge in [-0.25, -0.2) is 0 Å². The number of methoxy groups -OCH3 is 2. The highest BCUT2D eigenvalue weighted by molar-refractivity contribution is 5.83. The molecule has 0 spiro atoms. The number of carbonyl (C=O) groups is 1. The smallest absolute Gasteiger partial charge is 0.423 e. The van der Waals surface area contributed by atoms with Crippen LogP contribution in [0.5, 0.6) is 11.5 Å². The molecule has 0 saturated carbocycles. The molecule has 1 aromatic rings. The Bertz CT molecular complexity index is 527. The number of rotatable bonds is 4. The van der Waals surface area contributed by atoms with Gasteiger partial charge in [0, 0.05) is 5.56 Å². The molecule has 0 saturated heterocycles. The van der Waals surface area contributed by atoms with Crippen LogP contribution in [0.1, 0.15) is 15.9 Å². The molecule has 1 aromatic carbocycles. The summed E-state index contributed by atoms with van der Waals surface area (Å²) in [5.74, 6) is -1.02. The Morgan fingerprint density at radius 2 is 1.89 bits per heavy atom. The van der Waals surface area contributed by atoms with Crippen molar-refractivity contribution in [2.24, 2.45) is 0 Å². The first kappa shape index (κ1) is 14.7. The molecule has 19 heavy (non-hydrogen) atoms. The lowest BCUT2D eigenvalue weighted by molar-refractivity contribution is -0.389. The van der Waals surface area contributed by atoms with Gasteiger partial charge in [0.25, 0.3) is 0 Å². The van der Waals surface area contributed by atoms with Crippen molar-refractivity contribution in [3.63, 3.8) is 0 Å². The second kappa shape index (κ2) is 5.12. The molecule has 0 radical (unpaired) electrons. The quantitative estimate of drug-likeness (QED) is 0.480. The second-order valence-corrected chi connectivity index (χ2v) is 3.30. The van der Waals surface area contributed by atoms with E-state index in [9.17, 15) is 28.1 Å². The van der Waals surface area contributed by atoms with E-state index in [0.29, 0.717) is 0 Å². The van der Waals surface area contributed by atoms with Gasteiger partial charge in [-0.3, -0.25) is 14.9 Å². The van der Waals surface area contributed by atoms with E-state index in [1.165, 1.54) is 0 Å². The molecule has 0 aliphatic heterocycles. The van der Waals surface area contributed by atoms with Crippen LogP contribution in [0.25, 0.3) is 0 Å². The molecule has 0 bridgehead atoms. The minimum atomic E-state index is -5.07. The van der Waals surface area contributed by atoms with Crippen LogP contribution in [0.15, 0.2) is 6.07 Å². The number of nitro groups is 1. The number of ether oxygens (including phenoxy) is 2. The van der Waals surface area contributed by atoms with Crippen molar-refractivity contribution in [2.45, 2.75) is 6.18 Å². The van der Waals surface area contributed by atoms with Crippen molar-refractivity contribution in [1.82, 2.24) is 0 Å². The minimum Gasteiger partial charge on any atom is -0.493 e. The predicted molar refractivity (Wildman–Crippen MR) is 56.6 cm³/mol. The zero-order valence-electron chi connectivity index (χ0n) is 9.78. The van der Waals surface area contributed by atoms with E-state index in [-0.39, 0.29) is 12.0 Å². The van der Waals surface area contributed by atoms with Gasteiger partial charge in [0.2, 0.25) is 5.75 Å². The summed E-state index contributed by atoms with van der Waals surface area (Å²) >= 11 is 0. The van der Waals surface area contributed by atoms with Crippen LogP contribution >= 0.6 is 0 Å². The largest absolute Gasteiger partial charge is 0.493 e. The van der Waals surface area contributed by atoms with Gasteiger partial charge in [-0.2, -0.15) is 13.2 Å². The number of nitro benzene ring substituents is 1. The van der Waals surface area contributed by atoms with Crippen LogP contribution in [0.3, 0.4) is 0 Å². The summed E-state index contributed by atoms with van der Waals surface area (Å²) in [4.78, 5) is 20.3. The average Bonchev–Trinajstić information content (AvgIpc) is 2.34. The number of carbonyl (C=O) groups excluding carboxylic acids is 1. The van der Waals surface area contributed by atoms with E-state index in [0.717, 1.165) is 20.3 Å². The molecule has 0 aromatic heterocycles. The molecule has 0 heterocycles. The lowest BCUT2D eigenvalue weighted by Crippen LogP contribution is -2.14. The molecule has 0 aliphatic rings. The molecular weight excluding hydrogens is 271 g/mol. The third-order valence-electron chi connectivity index (χ3n) is 2.27. The summed E-state index contributed by atoms with van der Waals surface area (Å²) in [5.41, 5.74) is -3.90. The highest BCUT2D eigenvalue weighted by atomic mass is 19.4. The van der Waals surface area contributed by atoms with E-state index < -0.39 is 33.7 Å². The maximum Gasteiger partial charge on any atom is 0.423 e. The number of alkyl halides is 3. The SMILES string of the molecule is COc1cc(C=O)c(C(F)(F)F)c([N+](=O)[O-])c1OC. The first-order valence-electron chi connectivity index (χ1n) is 4.73. The molecule has 0 aliphatic carbocycles. The number of benzene rings is 1. The van der Waals surface area contributed by atoms with Gasteiger partial charge in [-0.1, -0.05) is 0 Å². The van der Waals surface area contributed by atoms with Crippen molar-refractivity contribution < 1.29 is 32.4 Å². The normalized spacial score (nSPS) is 11.0. The van der Waals surface area contributed by atoms with Crippen molar-refractivity contribution in [3.05, 3.63) is 27.3 Å². The van der Waals surface area contributed by atoms with Gasteiger partial charge in [-0.15, -0.1) is 0 Å². The average molecular weight is 279 g/mol. The summed E-state index contributed by atoms with van der Waals surface area (Å²) in [5, 5.41) is 10.8. The molecule has 9 heteroatoms. The monoisotopic (exact) mass is 279 g/mol. The molecule has 6 nitrogen and oxygen atoms in total. The van der Waals surface area contributed by atoms with E-state index in [2.05, 4.69) is 9.47 Å². The topological polar surface area (TPSA) is 78.7 Å². The number of aldehydes is 1. The lowest BCUT2D eigenvalue weighted by atomic mass is 10.0. The zero-order valence-corrected chi connectivity index (χ0v) is 9.78. The number of nitrogens with zero attached hydrogens (tertiary/aromatic N) is 1. The zero-order chi connectivity index (χ0) is 14.8. The fourth-order valence-electron chi connectivity index (χ4n) is 1.56. The van der Waals surface area contributed by atoms with Crippen molar-refractivity contribution in [3.8, 4) is 11.5 Å². The maximum absolute atomic E-state index is 12.8. The summed E-state index contributed by atoms with van der Waals surface area (Å²) in [7, 11) is 2.05. The maximum atomic E-state index is 12.8. The third-order valence-corrected chi connectivity index (χ3v) is 2.27. The molecule has 0 unspecified atom stereocenters.